The Morgan fingerprint density at radius 3 is 2.56 bits per heavy atom. The zero-order valence-electron chi connectivity index (χ0n) is 9.91. The highest BCUT2D eigenvalue weighted by Gasteiger charge is 2.29. The molecule has 0 radical (unpaired) electrons. The van der Waals surface area contributed by atoms with Crippen LogP contribution in [-0.4, -0.2) is 34.9 Å². The summed E-state index contributed by atoms with van der Waals surface area (Å²) in [6.45, 7) is 1.15. The molecule has 0 fully saturated rings. The summed E-state index contributed by atoms with van der Waals surface area (Å²) in [6.07, 6.45) is 0.433. The van der Waals surface area contributed by atoms with Gasteiger partial charge in [-0.3, -0.25) is 4.79 Å². The molecule has 1 rings (SSSR count). The van der Waals surface area contributed by atoms with Crippen LogP contribution in [0, 0.1) is 3.57 Å². The molecule has 0 aliphatic heterocycles. The molecule has 0 aliphatic carbocycles. The van der Waals surface area contributed by atoms with Crippen molar-refractivity contribution in [3.8, 4) is 0 Å². The Bertz CT molecular complexity index is 427. The smallest absolute Gasteiger partial charge is 0.252 e. The number of hydrogen-bond acceptors (Lipinski definition) is 3. The Morgan fingerprint density at radius 2 is 2.06 bits per heavy atom. The molecule has 100 valence electrons. The Kier molecular flexibility index (Phi) is 5.84. The fraction of sp³-hybridized carbons (Fsp3) is 0.417. The Balaban J connectivity index is 2.97. The maximum absolute atomic E-state index is 12.1. The lowest BCUT2D eigenvalue weighted by Crippen LogP contribution is -2.53. The van der Waals surface area contributed by atoms with E-state index in [9.17, 15) is 15.0 Å². The molecule has 0 spiro atoms. The summed E-state index contributed by atoms with van der Waals surface area (Å²) in [7, 11) is 0. The number of amides is 1. The molecule has 0 aromatic heterocycles. The van der Waals surface area contributed by atoms with Gasteiger partial charge in [-0.25, -0.2) is 0 Å². The Morgan fingerprint density at radius 1 is 1.44 bits per heavy atom. The van der Waals surface area contributed by atoms with Crippen LogP contribution in [0.25, 0.3) is 0 Å². The van der Waals surface area contributed by atoms with Gasteiger partial charge in [0.25, 0.3) is 5.91 Å². The summed E-state index contributed by atoms with van der Waals surface area (Å²) in [4.78, 5) is 12.1. The number of rotatable bonds is 5. The molecule has 4 nitrogen and oxygen atoms in total. The Hall–Kier alpha value is -0.370. The summed E-state index contributed by atoms with van der Waals surface area (Å²) in [5.41, 5.74) is -0.564. The van der Waals surface area contributed by atoms with E-state index < -0.39 is 5.54 Å². The largest absolute Gasteiger partial charge is 0.394 e. The van der Waals surface area contributed by atoms with Crippen LogP contribution in [-0.2, 0) is 0 Å². The van der Waals surface area contributed by atoms with Crippen LogP contribution in [0.15, 0.2) is 18.2 Å². The third-order valence-electron chi connectivity index (χ3n) is 2.83. The van der Waals surface area contributed by atoms with Gasteiger partial charge in [-0.15, -0.1) is 0 Å². The quantitative estimate of drug-likeness (QED) is 0.679. The number of hydrogen-bond donors (Lipinski definition) is 3. The van der Waals surface area contributed by atoms with E-state index in [-0.39, 0.29) is 19.1 Å². The van der Waals surface area contributed by atoms with E-state index in [2.05, 4.69) is 5.32 Å². The van der Waals surface area contributed by atoms with E-state index in [1.165, 1.54) is 0 Å². The van der Waals surface area contributed by atoms with E-state index in [4.69, 9.17) is 11.6 Å². The molecule has 6 heteroatoms. The average molecular weight is 384 g/mol. The maximum atomic E-state index is 12.1. The molecule has 0 unspecified atom stereocenters. The van der Waals surface area contributed by atoms with Crippen LogP contribution in [0.1, 0.15) is 23.7 Å². The first-order valence-corrected chi connectivity index (χ1v) is 6.93. The second-order valence-electron chi connectivity index (χ2n) is 4.03. The van der Waals surface area contributed by atoms with Gasteiger partial charge in [0.2, 0.25) is 0 Å². The number of nitrogens with one attached hydrogen (secondary N) is 1. The zero-order chi connectivity index (χ0) is 13.8. The predicted octanol–water partition coefficient (Wildman–Crippen LogP) is 1.81. The fourth-order valence-electron chi connectivity index (χ4n) is 1.42. The van der Waals surface area contributed by atoms with Gasteiger partial charge >= 0.3 is 0 Å². The van der Waals surface area contributed by atoms with E-state index >= 15 is 0 Å². The fourth-order valence-corrected chi connectivity index (χ4v) is 2.17. The monoisotopic (exact) mass is 383 g/mol. The number of aliphatic hydroxyl groups is 2. The second-order valence-corrected chi connectivity index (χ2v) is 5.63. The van der Waals surface area contributed by atoms with E-state index in [0.29, 0.717) is 17.0 Å². The lowest BCUT2D eigenvalue weighted by atomic mass is 9.98. The van der Waals surface area contributed by atoms with Crippen LogP contribution in [0.3, 0.4) is 0 Å². The minimum absolute atomic E-state index is 0.317. The summed E-state index contributed by atoms with van der Waals surface area (Å²) < 4.78 is 0.760. The van der Waals surface area contributed by atoms with Gasteiger partial charge in [0.15, 0.2) is 0 Å². The molecule has 1 aromatic carbocycles. The highest BCUT2D eigenvalue weighted by atomic mass is 127. The summed E-state index contributed by atoms with van der Waals surface area (Å²) in [6, 6.07) is 5.00. The molecule has 3 N–H and O–H groups in total. The number of benzene rings is 1. The van der Waals surface area contributed by atoms with Gasteiger partial charge in [-0.1, -0.05) is 18.5 Å². The summed E-state index contributed by atoms with van der Waals surface area (Å²) in [5, 5.41) is 21.7. The molecule has 0 bridgehead atoms. The molecule has 0 heterocycles. The normalized spacial score (nSPS) is 11.4. The first-order valence-electron chi connectivity index (χ1n) is 5.47. The first kappa shape index (κ1) is 15.7. The van der Waals surface area contributed by atoms with Crippen LogP contribution in [0.4, 0.5) is 0 Å². The molecule has 0 aliphatic rings. The van der Waals surface area contributed by atoms with E-state index in [1.54, 1.807) is 25.1 Å². The standard InChI is InChI=1S/C12H15ClINO3/c1-2-12(6-16,7-17)15-11(18)9-5-8(13)3-4-10(9)14/h3-5,16-17H,2,6-7H2,1H3,(H,15,18). The van der Waals surface area contributed by atoms with Crippen LogP contribution in [0.2, 0.25) is 5.02 Å². The third kappa shape index (κ3) is 3.57. The van der Waals surface area contributed by atoms with Crippen molar-refractivity contribution in [1.29, 1.82) is 0 Å². The summed E-state index contributed by atoms with van der Waals surface area (Å²) in [5.74, 6) is -0.355. The highest BCUT2D eigenvalue weighted by molar-refractivity contribution is 14.1. The zero-order valence-corrected chi connectivity index (χ0v) is 12.8. The van der Waals surface area contributed by atoms with Gasteiger partial charge < -0.3 is 15.5 Å². The number of aliphatic hydroxyl groups excluding tert-OH is 2. The van der Waals surface area contributed by atoms with Crippen molar-refractivity contribution >= 4 is 40.1 Å². The molecule has 1 amide bonds. The van der Waals surface area contributed by atoms with Crippen molar-refractivity contribution in [3.05, 3.63) is 32.4 Å². The minimum atomic E-state index is -0.998. The van der Waals surface area contributed by atoms with Gasteiger partial charge in [-0.05, 0) is 47.2 Å². The summed E-state index contributed by atoms with van der Waals surface area (Å²) >= 11 is 7.89. The lowest BCUT2D eigenvalue weighted by Gasteiger charge is -2.29. The highest BCUT2D eigenvalue weighted by Crippen LogP contribution is 2.19. The van der Waals surface area contributed by atoms with Gasteiger partial charge in [0, 0.05) is 8.59 Å². The lowest BCUT2D eigenvalue weighted by molar-refractivity contribution is 0.0652. The molecular weight excluding hydrogens is 368 g/mol. The number of halogens is 2. The van der Waals surface area contributed by atoms with Crippen molar-refractivity contribution in [2.75, 3.05) is 13.2 Å². The van der Waals surface area contributed by atoms with Crippen molar-refractivity contribution < 1.29 is 15.0 Å². The van der Waals surface area contributed by atoms with Gasteiger partial charge in [0.05, 0.1) is 24.3 Å². The molecular formula is C12H15ClINO3. The van der Waals surface area contributed by atoms with Crippen molar-refractivity contribution in [2.24, 2.45) is 0 Å². The number of carbonyl (C=O) groups excluding carboxylic acids is 1. The molecule has 0 atom stereocenters. The molecule has 18 heavy (non-hydrogen) atoms. The van der Waals surface area contributed by atoms with E-state index in [0.717, 1.165) is 3.57 Å². The molecule has 1 aromatic rings. The van der Waals surface area contributed by atoms with Gasteiger partial charge in [0.1, 0.15) is 0 Å². The van der Waals surface area contributed by atoms with Gasteiger partial charge in [-0.2, -0.15) is 0 Å². The molecule has 0 saturated carbocycles. The van der Waals surface area contributed by atoms with E-state index in [1.807, 2.05) is 22.6 Å². The van der Waals surface area contributed by atoms with Crippen molar-refractivity contribution in [3.63, 3.8) is 0 Å². The molecule has 0 saturated heterocycles. The SMILES string of the molecule is CCC(CO)(CO)NC(=O)c1cc(Cl)ccc1I. The van der Waals surface area contributed by atoms with Crippen LogP contribution in [0.5, 0.6) is 0 Å². The number of carbonyl (C=O) groups is 1. The average Bonchev–Trinajstić information content (AvgIpc) is 2.38. The first-order chi connectivity index (χ1) is 8.48. The van der Waals surface area contributed by atoms with Crippen LogP contribution < -0.4 is 5.32 Å². The third-order valence-corrected chi connectivity index (χ3v) is 4.01. The van der Waals surface area contributed by atoms with Crippen LogP contribution >= 0.6 is 34.2 Å². The van der Waals surface area contributed by atoms with Crippen molar-refractivity contribution in [1.82, 2.24) is 5.32 Å². The van der Waals surface area contributed by atoms with Crippen molar-refractivity contribution in [2.45, 2.75) is 18.9 Å². The predicted molar refractivity (Wildman–Crippen MR) is 78.8 cm³/mol. The Labute approximate surface area is 124 Å². The second kappa shape index (κ2) is 6.70. The topological polar surface area (TPSA) is 69.6 Å². The maximum Gasteiger partial charge on any atom is 0.252 e. The minimum Gasteiger partial charge on any atom is -0.394 e.